The molecule has 0 bridgehead atoms. The van der Waals surface area contributed by atoms with Crippen LogP contribution in [0.4, 0.5) is 11.4 Å². The van der Waals surface area contributed by atoms with E-state index in [9.17, 15) is 0 Å². The molecule has 2 nitrogen and oxygen atoms in total. The Bertz CT molecular complexity index is 2220. The first-order valence-electron chi connectivity index (χ1n) is 15.7. The second-order valence-corrected chi connectivity index (χ2v) is 11.9. The van der Waals surface area contributed by atoms with Crippen molar-refractivity contribution in [3.63, 3.8) is 0 Å². The lowest BCUT2D eigenvalue weighted by atomic mass is 9.93. The molecule has 2 heteroatoms. The van der Waals surface area contributed by atoms with E-state index in [2.05, 4.69) is 159 Å². The van der Waals surface area contributed by atoms with Crippen molar-refractivity contribution in [1.29, 1.82) is 0 Å². The summed E-state index contributed by atoms with van der Waals surface area (Å²) in [6, 6.07) is 51.5. The maximum Gasteiger partial charge on any atom is 0.0711 e. The Labute approximate surface area is 269 Å². The predicted octanol–water partition coefficient (Wildman–Crippen LogP) is 12.1. The Kier molecular flexibility index (Phi) is 6.96. The van der Waals surface area contributed by atoms with Crippen molar-refractivity contribution >= 4 is 66.9 Å². The number of fused-ring (bicyclic) bond motifs is 4. The van der Waals surface area contributed by atoms with Gasteiger partial charge in [-0.15, -0.1) is 0 Å². The van der Waals surface area contributed by atoms with Crippen LogP contribution in [0.15, 0.2) is 156 Å². The van der Waals surface area contributed by atoms with Crippen molar-refractivity contribution in [2.45, 2.75) is 13.8 Å². The summed E-state index contributed by atoms with van der Waals surface area (Å²) in [4.78, 5) is 10.4. The van der Waals surface area contributed by atoms with Gasteiger partial charge in [-0.1, -0.05) is 121 Å². The fraction of sp³-hybridized carbons (Fsp3) is 0.0455. The van der Waals surface area contributed by atoms with Gasteiger partial charge in [0.15, 0.2) is 0 Å². The van der Waals surface area contributed by atoms with Crippen molar-refractivity contribution in [3.05, 3.63) is 168 Å². The maximum atomic E-state index is 5.22. The molecule has 8 aromatic carbocycles. The average Bonchev–Trinajstić information content (AvgIpc) is 3.09. The minimum absolute atomic E-state index is 0.929. The molecule has 0 radical (unpaired) electrons. The van der Waals surface area contributed by atoms with E-state index >= 15 is 0 Å². The normalized spacial score (nSPS) is 12.0. The molecule has 0 amide bonds. The number of hydrogen-bond acceptors (Lipinski definition) is 2. The second kappa shape index (κ2) is 11.6. The van der Waals surface area contributed by atoms with Gasteiger partial charge in [0.25, 0.3) is 0 Å². The van der Waals surface area contributed by atoms with Crippen LogP contribution in [0.2, 0.25) is 0 Å². The van der Waals surface area contributed by atoms with Crippen LogP contribution >= 0.6 is 0 Å². The van der Waals surface area contributed by atoms with Crippen molar-refractivity contribution < 1.29 is 0 Å². The molecule has 0 spiro atoms. The SMILES string of the molecule is Cc1cccc(N=Cc2c3ccccc3cc3ccccc23)c1-c1c(C)cccc1N=Cc1c2ccccc2cc2ccccc12. The third-order valence-electron chi connectivity index (χ3n) is 9.04. The Hall–Kier alpha value is -5.86. The molecule has 0 saturated carbocycles. The maximum absolute atomic E-state index is 5.22. The largest absolute Gasteiger partial charge is 0.256 e. The zero-order valence-electron chi connectivity index (χ0n) is 25.9. The molecule has 0 aromatic heterocycles. The van der Waals surface area contributed by atoms with Crippen LogP contribution in [0.25, 0.3) is 54.2 Å². The first kappa shape index (κ1) is 27.7. The van der Waals surface area contributed by atoms with Gasteiger partial charge in [0, 0.05) is 34.7 Å². The lowest BCUT2D eigenvalue weighted by Crippen LogP contribution is -1.92. The minimum atomic E-state index is 0.929. The van der Waals surface area contributed by atoms with Gasteiger partial charge in [-0.2, -0.15) is 0 Å². The monoisotopic (exact) mass is 588 g/mol. The summed E-state index contributed by atoms with van der Waals surface area (Å²) in [5, 5.41) is 9.63. The van der Waals surface area contributed by atoms with E-state index < -0.39 is 0 Å². The van der Waals surface area contributed by atoms with E-state index in [4.69, 9.17) is 9.98 Å². The Morgan fingerprint density at radius 3 is 1.04 bits per heavy atom. The van der Waals surface area contributed by atoms with Gasteiger partial charge in [0.1, 0.15) is 0 Å². The highest BCUT2D eigenvalue weighted by Crippen LogP contribution is 2.42. The van der Waals surface area contributed by atoms with Crippen LogP contribution in [-0.4, -0.2) is 12.4 Å². The predicted molar refractivity (Wildman–Crippen MR) is 199 cm³/mol. The molecular formula is C44H32N2. The summed E-state index contributed by atoms with van der Waals surface area (Å²) >= 11 is 0. The molecule has 0 heterocycles. The quantitative estimate of drug-likeness (QED) is 0.141. The van der Waals surface area contributed by atoms with E-state index in [1.165, 1.54) is 54.2 Å². The third kappa shape index (κ3) is 4.85. The Balaban J connectivity index is 1.29. The van der Waals surface area contributed by atoms with E-state index in [0.29, 0.717) is 0 Å². The third-order valence-corrected chi connectivity index (χ3v) is 9.04. The molecule has 0 aliphatic heterocycles. The van der Waals surface area contributed by atoms with E-state index in [1.807, 2.05) is 12.4 Å². The molecule has 0 atom stereocenters. The number of benzene rings is 8. The van der Waals surface area contributed by atoms with Crippen LogP contribution in [0.3, 0.4) is 0 Å². The van der Waals surface area contributed by atoms with E-state index in [0.717, 1.165) is 33.6 Å². The van der Waals surface area contributed by atoms with Crippen LogP contribution in [0.1, 0.15) is 22.3 Å². The number of rotatable bonds is 5. The fourth-order valence-corrected chi connectivity index (χ4v) is 6.81. The highest BCUT2D eigenvalue weighted by Gasteiger charge is 2.15. The first-order valence-corrected chi connectivity index (χ1v) is 15.7. The standard InChI is InChI=1S/C44H32N2/c1-29-13-11-23-41(45-27-39-35-19-7-3-15-31(35)25-32-16-4-8-20-36(32)39)43(29)44-30(2)14-12-24-42(44)46-28-40-37-21-9-5-17-33(37)26-34-18-6-10-22-38(34)40/h3-28H,1-2H3. The van der Waals surface area contributed by atoms with Crippen molar-refractivity contribution in [1.82, 2.24) is 0 Å². The molecule has 8 aromatic rings. The fourth-order valence-electron chi connectivity index (χ4n) is 6.81. The number of aliphatic imine (C=N–C) groups is 2. The van der Waals surface area contributed by atoms with Crippen molar-refractivity contribution in [2.75, 3.05) is 0 Å². The summed E-state index contributed by atoms with van der Waals surface area (Å²) in [6.45, 7) is 4.33. The number of nitrogens with zero attached hydrogens (tertiary/aromatic N) is 2. The molecular weight excluding hydrogens is 556 g/mol. The van der Waals surface area contributed by atoms with Crippen LogP contribution < -0.4 is 0 Å². The van der Waals surface area contributed by atoms with E-state index in [-0.39, 0.29) is 0 Å². The summed E-state index contributed by atoms with van der Waals surface area (Å²) in [5.41, 5.74) is 8.67. The zero-order valence-corrected chi connectivity index (χ0v) is 25.9. The van der Waals surface area contributed by atoms with Crippen molar-refractivity contribution in [2.24, 2.45) is 9.98 Å². The summed E-state index contributed by atoms with van der Waals surface area (Å²) in [7, 11) is 0. The summed E-state index contributed by atoms with van der Waals surface area (Å²) < 4.78 is 0. The van der Waals surface area contributed by atoms with Crippen molar-refractivity contribution in [3.8, 4) is 11.1 Å². The zero-order chi connectivity index (χ0) is 31.0. The number of aryl methyl sites for hydroxylation is 2. The van der Waals surface area contributed by atoms with Gasteiger partial charge in [-0.05, 0) is 92.3 Å². The molecule has 0 aliphatic carbocycles. The van der Waals surface area contributed by atoms with Gasteiger partial charge < -0.3 is 0 Å². The highest BCUT2D eigenvalue weighted by atomic mass is 14.7. The van der Waals surface area contributed by atoms with Crippen LogP contribution in [0, 0.1) is 13.8 Å². The van der Waals surface area contributed by atoms with Gasteiger partial charge in [-0.25, -0.2) is 0 Å². The first-order chi connectivity index (χ1) is 22.7. The Morgan fingerprint density at radius 1 is 0.370 bits per heavy atom. The van der Waals surface area contributed by atoms with Gasteiger partial charge in [-0.3, -0.25) is 9.98 Å². The summed E-state index contributed by atoms with van der Waals surface area (Å²) in [5.74, 6) is 0. The highest BCUT2D eigenvalue weighted by molar-refractivity contribution is 6.15. The summed E-state index contributed by atoms with van der Waals surface area (Å²) in [6.07, 6.45) is 4.10. The van der Waals surface area contributed by atoms with Crippen LogP contribution in [-0.2, 0) is 0 Å². The van der Waals surface area contributed by atoms with Gasteiger partial charge in [0.2, 0.25) is 0 Å². The Morgan fingerprint density at radius 2 is 0.696 bits per heavy atom. The van der Waals surface area contributed by atoms with Gasteiger partial charge >= 0.3 is 0 Å². The van der Waals surface area contributed by atoms with Crippen LogP contribution in [0.5, 0.6) is 0 Å². The smallest absolute Gasteiger partial charge is 0.0711 e. The minimum Gasteiger partial charge on any atom is -0.256 e. The molecule has 0 aliphatic rings. The molecule has 0 fully saturated rings. The molecule has 0 N–H and O–H groups in total. The topological polar surface area (TPSA) is 24.7 Å². The average molecular weight is 589 g/mol. The lowest BCUT2D eigenvalue weighted by Gasteiger charge is -2.15. The molecule has 218 valence electrons. The molecule has 0 unspecified atom stereocenters. The second-order valence-electron chi connectivity index (χ2n) is 11.9. The number of hydrogen-bond donors (Lipinski definition) is 0. The molecule has 46 heavy (non-hydrogen) atoms. The molecule has 8 rings (SSSR count). The lowest BCUT2D eigenvalue weighted by molar-refractivity contribution is 1.37. The molecule has 0 saturated heterocycles. The van der Waals surface area contributed by atoms with Gasteiger partial charge in [0.05, 0.1) is 11.4 Å². The van der Waals surface area contributed by atoms with E-state index in [1.54, 1.807) is 0 Å².